The number of nitriles is 1. The van der Waals surface area contributed by atoms with Gasteiger partial charge < -0.3 is 14.7 Å². The molecule has 68 heavy (non-hydrogen) atoms. The van der Waals surface area contributed by atoms with Crippen LogP contribution < -0.4 is 30.4 Å². The highest BCUT2D eigenvalue weighted by Crippen LogP contribution is 2.54. The monoisotopic (exact) mass is 904 g/mol. The molecule has 3 aliphatic rings. The normalized spacial score (nSPS) is 15.6. The number of hydrogen-bond donors (Lipinski definition) is 0. The van der Waals surface area contributed by atoms with Gasteiger partial charge in [0.25, 0.3) is 6.71 Å². The van der Waals surface area contributed by atoms with Crippen molar-refractivity contribution >= 4 is 95.0 Å². The van der Waals surface area contributed by atoms with E-state index < -0.39 is 0 Å². The van der Waals surface area contributed by atoms with Crippen molar-refractivity contribution in [1.82, 2.24) is 0 Å². The van der Waals surface area contributed by atoms with Gasteiger partial charge in [0.2, 0.25) is 0 Å². The summed E-state index contributed by atoms with van der Waals surface area (Å²) in [5.74, 6) is 0. The molecule has 0 atom stereocenters. The van der Waals surface area contributed by atoms with Crippen LogP contribution in [-0.4, -0.2) is 6.71 Å². The molecule has 11 rings (SSSR count). The third kappa shape index (κ3) is 6.91. The van der Waals surface area contributed by atoms with Gasteiger partial charge in [0.05, 0.1) is 22.6 Å². The zero-order valence-corrected chi connectivity index (χ0v) is 42.4. The molecule has 7 aromatic carbocycles. The largest absolute Gasteiger partial charge is 0.311 e. The second kappa shape index (κ2) is 15.5. The summed E-state index contributed by atoms with van der Waals surface area (Å²) in [6, 6.07) is 56.7. The molecule has 2 aliphatic heterocycles. The molecule has 0 N–H and O–H groups in total. The quantitative estimate of drug-likeness (QED) is 0.161. The van der Waals surface area contributed by atoms with Gasteiger partial charge in [0.1, 0.15) is 6.07 Å². The number of para-hydroxylation sites is 3. The fourth-order valence-electron chi connectivity index (χ4n) is 11.3. The van der Waals surface area contributed by atoms with Crippen molar-refractivity contribution in [2.75, 3.05) is 14.7 Å². The highest BCUT2D eigenvalue weighted by atomic mass is 32.1. The van der Waals surface area contributed by atoms with Gasteiger partial charge in [-0.15, -0.1) is 11.3 Å². The van der Waals surface area contributed by atoms with Gasteiger partial charge >= 0.3 is 0 Å². The first kappa shape index (κ1) is 44.0. The summed E-state index contributed by atoms with van der Waals surface area (Å²) in [5, 5.41) is 12.0. The number of nitrogens with zero attached hydrogens (tertiary/aromatic N) is 4. The van der Waals surface area contributed by atoms with Gasteiger partial charge in [-0.25, -0.2) is 0 Å². The lowest BCUT2D eigenvalue weighted by Gasteiger charge is -2.47. The van der Waals surface area contributed by atoms with Crippen molar-refractivity contribution in [2.45, 2.75) is 111 Å². The topological polar surface area (TPSA) is 33.5 Å². The number of fused-ring (bicyclic) bond motifs is 7. The molecule has 1 aliphatic carbocycles. The number of hydrogen-bond acceptors (Lipinski definition) is 5. The summed E-state index contributed by atoms with van der Waals surface area (Å²) >= 11 is 1.97. The molecule has 0 radical (unpaired) electrons. The predicted octanol–water partition coefficient (Wildman–Crippen LogP) is 15.6. The van der Waals surface area contributed by atoms with Gasteiger partial charge in [0.15, 0.2) is 0 Å². The maximum Gasteiger partial charge on any atom is 0.264 e. The van der Waals surface area contributed by atoms with E-state index in [4.69, 9.17) is 0 Å². The lowest BCUT2D eigenvalue weighted by Crippen LogP contribution is -2.61. The van der Waals surface area contributed by atoms with Crippen LogP contribution in [0.15, 0.2) is 146 Å². The lowest BCUT2D eigenvalue weighted by molar-refractivity contribution is 0.332. The van der Waals surface area contributed by atoms with Crippen LogP contribution in [0.5, 0.6) is 0 Å². The zero-order valence-electron chi connectivity index (χ0n) is 41.5. The fraction of sp³-hybridized carbons (Fsp3) is 0.274. The summed E-state index contributed by atoms with van der Waals surface area (Å²) in [6.07, 6.45) is 2.28. The molecular weight excluding hydrogens is 844 g/mol. The predicted molar refractivity (Wildman–Crippen MR) is 293 cm³/mol. The molecule has 0 saturated heterocycles. The van der Waals surface area contributed by atoms with E-state index >= 15 is 0 Å². The van der Waals surface area contributed by atoms with Crippen LogP contribution in [-0.2, 0) is 21.7 Å². The first-order valence-corrected chi connectivity index (χ1v) is 25.2. The Morgan fingerprint density at radius 3 is 1.87 bits per heavy atom. The molecule has 0 unspecified atom stereocenters. The Morgan fingerprint density at radius 1 is 0.603 bits per heavy atom. The summed E-state index contributed by atoms with van der Waals surface area (Å²) in [6.45, 7) is 25.9. The Hall–Kier alpha value is -6.55. The van der Waals surface area contributed by atoms with E-state index in [1.807, 2.05) is 29.5 Å². The molecule has 8 aromatic rings. The highest BCUT2D eigenvalue weighted by molar-refractivity contribution is 7.33. The van der Waals surface area contributed by atoms with Gasteiger partial charge in [0, 0.05) is 49.0 Å². The number of aryl methyl sites for hydroxylation is 1. The van der Waals surface area contributed by atoms with Crippen molar-refractivity contribution < 1.29 is 0 Å². The standard InChI is InChI=1S/C62H61BN4S/c1-39-19-15-17-23-50(39)67-52-37-48-47(61(8,9)31-32-62(48,10)11)36-49(52)63-56-53(34-45(35-54(56)67)65(43-21-13-12-14-22-43)51-24-18-16-20-40(51)38-64)66(44-28-25-41(26-29-44)59(2,3)4)57-46-33-42(60(5,6)7)27-30-55(46)68-58(57)63/h12-30,33-37H,31-32H2,1-11H3. The first-order valence-electron chi connectivity index (χ1n) is 24.4. The lowest BCUT2D eigenvalue weighted by atomic mass is 9.35. The van der Waals surface area contributed by atoms with Crippen LogP contribution in [0.3, 0.4) is 0 Å². The smallest absolute Gasteiger partial charge is 0.264 e. The summed E-state index contributed by atoms with van der Waals surface area (Å²) in [5.41, 5.74) is 19.9. The number of anilines is 9. The van der Waals surface area contributed by atoms with Gasteiger partial charge in [-0.05, 0) is 153 Å². The van der Waals surface area contributed by atoms with Crippen molar-refractivity contribution in [1.29, 1.82) is 5.26 Å². The summed E-state index contributed by atoms with van der Waals surface area (Å²) in [7, 11) is 0. The minimum atomic E-state index is -0.0393. The average Bonchev–Trinajstić information content (AvgIpc) is 3.69. The Morgan fingerprint density at radius 2 is 1.21 bits per heavy atom. The van der Waals surface area contributed by atoms with Crippen LogP contribution in [0, 0.1) is 18.3 Å². The minimum Gasteiger partial charge on any atom is -0.311 e. The van der Waals surface area contributed by atoms with E-state index in [1.54, 1.807) is 0 Å². The van der Waals surface area contributed by atoms with E-state index in [2.05, 4.69) is 224 Å². The second-order valence-electron chi connectivity index (χ2n) is 22.9. The fourth-order valence-corrected chi connectivity index (χ4v) is 12.6. The third-order valence-corrected chi connectivity index (χ3v) is 16.6. The van der Waals surface area contributed by atoms with Crippen LogP contribution in [0.1, 0.15) is 115 Å². The molecule has 338 valence electrons. The van der Waals surface area contributed by atoms with Crippen LogP contribution in [0.25, 0.3) is 10.1 Å². The van der Waals surface area contributed by atoms with Crippen molar-refractivity contribution in [2.24, 2.45) is 0 Å². The maximum absolute atomic E-state index is 10.7. The zero-order chi connectivity index (χ0) is 47.7. The van der Waals surface area contributed by atoms with Crippen LogP contribution >= 0.6 is 11.3 Å². The van der Waals surface area contributed by atoms with E-state index in [0.29, 0.717) is 5.56 Å². The molecule has 0 bridgehead atoms. The summed E-state index contributed by atoms with van der Waals surface area (Å²) in [4.78, 5) is 7.49. The molecule has 6 heteroatoms. The van der Waals surface area contributed by atoms with Crippen LogP contribution in [0.4, 0.5) is 51.2 Å². The van der Waals surface area contributed by atoms with E-state index in [1.165, 1.54) is 70.7 Å². The molecule has 1 aromatic heterocycles. The maximum atomic E-state index is 10.7. The van der Waals surface area contributed by atoms with Crippen molar-refractivity contribution in [3.63, 3.8) is 0 Å². The molecule has 3 heterocycles. The van der Waals surface area contributed by atoms with E-state index in [0.717, 1.165) is 47.0 Å². The number of benzene rings is 7. The molecule has 0 amide bonds. The van der Waals surface area contributed by atoms with Crippen molar-refractivity contribution in [3.05, 3.63) is 179 Å². The molecule has 0 fully saturated rings. The van der Waals surface area contributed by atoms with E-state index in [-0.39, 0.29) is 28.4 Å². The van der Waals surface area contributed by atoms with E-state index in [9.17, 15) is 5.26 Å². The second-order valence-corrected chi connectivity index (χ2v) is 24.0. The molecule has 0 saturated carbocycles. The number of rotatable bonds is 5. The minimum absolute atomic E-state index is 0.00396. The third-order valence-electron chi connectivity index (χ3n) is 15.4. The highest BCUT2D eigenvalue weighted by Gasteiger charge is 2.48. The molecule has 4 nitrogen and oxygen atoms in total. The Bertz CT molecular complexity index is 3360. The van der Waals surface area contributed by atoms with Crippen molar-refractivity contribution in [3.8, 4) is 6.07 Å². The van der Waals surface area contributed by atoms with Gasteiger partial charge in [-0.2, -0.15) is 5.26 Å². The van der Waals surface area contributed by atoms with Gasteiger partial charge in [-0.3, -0.25) is 0 Å². The first-order chi connectivity index (χ1) is 32.4. The number of thiophene rings is 1. The average molecular weight is 905 g/mol. The van der Waals surface area contributed by atoms with Gasteiger partial charge in [-0.1, -0.05) is 142 Å². The Balaban J connectivity index is 1.33. The molecular formula is C62H61BN4S. The Labute approximate surface area is 408 Å². The molecule has 0 spiro atoms. The Kier molecular flexibility index (Phi) is 10.0. The van der Waals surface area contributed by atoms with Crippen LogP contribution in [0.2, 0.25) is 0 Å². The SMILES string of the molecule is Cc1ccccc1N1c2cc3c(cc2B2c4sc5ccc(C(C)(C)C)cc5c4N(c4ccc(C(C)(C)C)cc4)c4cc(N(c5ccccc5)c5ccccc5C#N)cc1c42)C(C)(C)CCC3(C)C. The summed E-state index contributed by atoms with van der Waals surface area (Å²) < 4.78 is 2.67.